The van der Waals surface area contributed by atoms with Crippen LogP contribution >= 0.6 is 15.9 Å². The lowest BCUT2D eigenvalue weighted by Crippen LogP contribution is -2.50. The van der Waals surface area contributed by atoms with Crippen molar-refractivity contribution in [3.8, 4) is 11.5 Å². The third-order valence-corrected chi connectivity index (χ3v) is 3.72. The molecule has 0 saturated carbocycles. The number of benzene rings is 2. The zero-order valence-electron chi connectivity index (χ0n) is 11.3. The number of rotatable bonds is 5. The smallest absolute Gasteiger partial charge is 0.162 e. The molecule has 0 aromatic heterocycles. The van der Waals surface area contributed by atoms with Gasteiger partial charge in [0.05, 0.1) is 0 Å². The average Bonchev–Trinajstić information content (AvgIpc) is 2.42. The van der Waals surface area contributed by atoms with Gasteiger partial charge in [-0.1, -0.05) is 28.1 Å². The molecule has 0 atom stereocenters. The Morgan fingerprint density at radius 2 is 2.00 bits per heavy atom. The zero-order valence-corrected chi connectivity index (χ0v) is 12.9. The Balaban J connectivity index is 1.71. The van der Waals surface area contributed by atoms with Crippen molar-refractivity contribution < 1.29 is 13.9 Å². The second-order valence-electron chi connectivity index (χ2n) is 4.91. The highest BCUT2D eigenvalue weighted by Crippen LogP contribution is 2.32. The predicted octanol–water partition coefficient (Wildman–Crippen LogP) is 3.52. The van der Waals surface area contributed by atoms with Gasteiger partial charge in [0.1, 0.15) is 18.5 Å². The van der Waals surface area contributed by atoms with Crippen molar-refractivity contribution in [3.05, 3.63) is 58.3 Å². The summed E-state index contributed by atoms with van der Waals surface area (Å²) in [7, 11) is 0. The van der Waals surface area contributed by atoms with E-state index in [-0.39, 0.29) is 11.9 Å². The number of hydrogen-bond donors (Lipinski definition) is 1. The van der Waals surface area contributed by atoms with Crippen molar-refractivity contribution in [2.75, 3.05) is 13.1 Å². The molecule has 2 aromatic carbocycles. The maximum absolute atomic E-state index is 13.2. The molecule has 0 radical (unpaired) electrons. The quantitative estimate of drug-likeness (QED) is 0.893. The van der Waals surface area contributed by atoms with Crippen LogP contribution in [0, 0.1) is 5.82 Å². The molecule has 5 heteroatoms. The highest BCUT2D eigenvalue weighted by molar-refractivity contribution is 9.10. The minimum absolute atomic E-state index is 0.177. The second kappa shape index (κ2) is 6.45. The lowest BCUT2D eigenvalue weighted by atomic mass is 10.2. The first-order chi connectivity index (χ1) is 10.2. The zero-order chi connectivity index (χ0) is 14.7. The lowest BCUT2D eigenvalue weighted by molar-refractivity contribution is 0.134. The van der Waals surface area contributed by atoms with Gasteiger partial charge in [0.2, 0.25) is 0 Å². The fourth-order valence-electron chi connectivity index (χ4n) is 2.01. The topological polar surface area (TPSA) is 30.5 Å². The standard InChI is InChI=1S/C16H15BrFNO2/c17-12-4-5-15(16(7-12)21-14-8-19-9-14)20-10-11-2-1-3-13(18)6-11/h1-7,14,19H,8-10H2. The van der Waals surface area contributed by atoms with Crippen LogP contribution in [0.3, 0.4) is 0 Å². The molecule has 0 aliphatic carbocycles. The summed E-state index contributed by atoms with van der Waals surface area (Å²) in [6.07, 6.45) is 0.177. The number of ether oxygens (including phenoxy) is 2. The lowest BCUT2D eigenvalue weighted by Gasteiger charge is -2.28. The third-order valence-electron chi connectivity index (χ3n) is 3.23. The molecule has 1 heterocycles. The Hall–Kier alpha value is -1.59. The van der Waals surface area contributed by atoms with E-state index in [1.54, 1.807) is 6.07 Å². The second-order valence-corrected chi connectivity index (χ2v) is 5.82. The molecule has 110 valence electrons. The molecule has 1 N–H and O–H groups in total. The van der Waals surface area contributed by atoms with Crippen molar-refractivity contribution in [1.82, 2.24) is 5.32 Å². The Labute approximate surface area is 131 Å². The fraction of sp³-hybridized carbons (Fsp3) is 0.250. The molecular weight excluding hydrogens is 337 g/mol. The summed E-state index contributed by atoms with van der Waals surface area (Å²) < 4.78 is 25.7. The average molecular weight is 352 g/mol. The van der Waals surface area contributed by atoms with Crippen molar-refractivity contribution in [2.24, 2.45) is 0 Å². The Morgan fingerprint density at radius 1 is 1.14 bits per heavy atom. The van der Waals surface area contributed by atoms with Crippen LogP contribution < -0.4 is 14.8 Å². The largest absolute Gasteiger partial charge is 0.485 e. The molecule has 0 spiro atoms. The van der Waals surface area contributed by atoms with E-state index in [9.17, 15) is 4.39 Å². The van der Waals surface area contributed by atoms with Crippen LogP contribution in [0.5, 0.6) is 11.5 Å². The van der Waals surface area contributed by atoms with Gasteiger partial charge in [0.15, 0.2) is 11.5 Å². The van der Waals surface area contributed by atoms with Crippen molar-refractivity contribution >= 4 is 15.9 Å². The normalized spacial score (nSPS) is 14.6. The van der Waals surface area contributed by atoms with Crippen molar-refractivity contribution in [2.45, 2.75) is 12.7 Å². The number of hydrogen-bond acceptors (Lipinski definition) is 3. The summed E-state index contributed by atoms with van der Waals surface area (Å²) in [5, 5.41) is 3.16. The molecule has 1 aliphatic rings. The summed E-state index contributed by atoms with van der Waals surface area (Å²) in [6.45, 7) is 1.99. The van der Waals surface area contributed by atoms with Gasteiger partial charge >= 0.3 is 0 Å². The van der Waals surface area contributed by atoms with Crippen molar-refractivity contribution in [1.29, 1.82) is 0 Å². The van der Waals surface area contributed by atoms with Crippen LogP contribution in [0.2, 0.25) is 0 Å². The Morgan fingerprint density at radius 3 is 2.71 bits per heavy atom. The first-order valence-electron chi connectivity index (χ1n) is 6.75. The van der Waals surface area contributed by atoms with Gasteiger partial charge in [-0.25, -0.2) is 4.39 Å². The van der Waals surface area contributed by atoms with Crippen LogP contribution in [-0.2, 0) is 6.61 Å². The summed E-state index contributed by atoms with van der Waals surface area (Å²) in [4.78, 5) is 0. The van der Waals surface area contributed by atoms with Gasteiger partial charge in [-0.3, -0.25) is 0 Å². The molecule has 1 saturated heterocycles. The molecule has 0 amide bonds. The van der Waals surface area contributed by atoms with E-state index < -0.39 is 0 Å². The van der Waals surface area contributed by atoms with E-state index in [1.807, 2.05) is 24.3 Å². The fourth-order valence-corrected chi connectivity index (χ4v) is 2.35. The SMILES string of the molecule is Fc1cccc(COc2ccc(Br)cc2OC2CNC2)c1. The minimum Gasteiger partial charge on any atom is -0.485 e. The number of halogens is 2. The summed E-state index contributed by atoms with van der Waals surface area (Å²) >= 11 is 3.43. The van der Waals surface area contributed by atoms with E-state index in [2.05, 4.69) is 21.2 Å². The highest BCUT2D eigenvalue weighted by Gasteiger charge is 2.20. The highest BCUT2D eigenvalue weighted by atomic mass is 79.9. The molecule has 3 rings (SSSR count). The van der Waals surface area contributed by atoms with Crippen LogP contribution in [0.1, 0.15) is 5.56 Å². The molecule has 0 bridgehead atoms. The van der Waals surface area contributed by atoms with E-state index in [1.165, 1.54) is 12.1 Å². The van der Waals surface area contributed by atoms with E-state index >= 15 is 0 Å². The van der Waals surface area contributed by atoms with E-state index in [0.29, 0.717) is 18.1 Å². The van der Waals surface area contributed by atoms with Gasteiger partial charge in [0.25, 0.3) is 0 Å². The first-order valence-corrected chi connectivity index (χ1v) is 7.54. The third kappa shape index (κ3) is 3.74. The Kier molecular flexibility index (Phi) is 4.41. The summed E-state index contributed by atoms with van der Waals surface area (Å²) in [5.41, 5.74) is 0.786. The molecule has 21 heavy (non-hydrogen) atoms. The monoisotopic (exact) mass is 351 g/mol. The summed E-state index contributed by atoms with van der Waals surface area (Å²) in [6, 6.07) is 12.0. The van der Waals surface area contributed by atoms with Crippen LogP contribution in [0.4, 0.5) is 4.39 Å². The van der Waals surface area contributed by atoms with E-state index in [4.69, 9.17) is 9.47 Å². The summed E-state index contributed by atoms with van der Waals surface area (Å²) in [5.74, 6) is 1.10. The Bertz CT molecular complexity index is 631. The van der Waals surface area contributed by atoms with Crippen molar-refractivity contribution in [3.63, 3.8) is 0 Å². The van der Waals surface area contributed by atoms with Gasteiger partial charge in [-0.15, -0.1) is 0 Å². The minimum atomic E-state index is -0.260. The predicted molar refractivity (Wildman–Crippen MR) is 82.2 cm³/mol. The molecule has 0 unspecified atom stereocenters. The maximum atomic E-state index is 13.2. The van der Waals surface area contributed by atoms with Gasteiger partial charge in [-0.05, 0) is 35.9 Å². The molecule has 3 nitrogen and oxygen atoms in total. The molecule has 1 fully saturated rings. The molecule has 1 aliphatic heterocycles. The van der Waals surface area contributed by atoms with Gasteiger partial charge in [-0.2, -0.15) is 0 Å². The van der Waals surface area contributed by atoms with Gasteiger partial charge < -0.3 is 14.8 Å². The maximum Gasteiger partial charge on any atom is 0.162 e. The molecular formula is C16H15BrFNO2. The number of nitrogens with one attached hydrogen (secondary N) is 1. The van der Waals surface area contributed by atoms with Crippen LogP contribution in [-0.4, -0.2) is 19.2 Å². The van der Waals surface area contributed by atoms with Crippen LogP contribution in [0.15, 0.2) is 46.9 Å². The van der Waals surface area contributed by atoms with E-state index in [0.717, 1.165) is 23.1 Å². The van der Waals surface area contributed by atoms with Gasteiger partial charge in [0, 0.05) is 17.6 Å². The molecule has 2 aromatic rings. The first kappa shape index (κ1) is 14.4. The van der Waals surface area contributed by atoms with Crippen LogP contribution in [0.25, 0.3) is 0 Å².